The van der Waals surface area contributed by atoms with E-state index in [2.05, 4.69) is 4.90 Å². The molecule has 0 radical (unpaired) electrons. The Balaban J connectivity index is 1.67. The number of phenolic OH excluding ortho intramolecular Hbond substituents is 1. The van der Waals surface area contributed by atoms with Crippen molar-refractivity contribution in [3.05, 3.63) is 45.0 Å². The maximum absolute atomic E-state index is 15.8. The van der Waals surface area contributed by atoms with Gasteiger partial charge in [0.05, 0.1) is 5.56 Å². The summed E-state index contributed by atoms with van der Waals surface area (Å²) in [6.07, 6.45) is 0.792. The van der Waals surface area contributed by atoms with E-state index in [1.807, 2.05) is 6.92 Å². The first-order valence-corrected chi connectivity index (χ1v) is 11.8. The lowest BCUT2D eigenvalue weighted by Crippen LogP contribution is -2.58. The van der Waals surface area contributed by atoms with Crippen molar-refractivity contribution in [1.82, 2.24) is 4.90 Å². The van der Waals surface area contributed by atoms with E-state index in [4.69, 9.17) is 5.73 Å². The highest BCUT2D eigenvalue weighted by Crippen LogP contribution is 2.53. The van der Waals surface area contributed by atoms with Crippen LogP contribution in [0.2, 0.25) is 0 Å². The van der Waals surface area contributed by atoms with Crippen LogP contribution in [0, 0.1) is 17.7 Å². The van der Waals surface area contributed by atoms with Crippen LogP contribution in [0.25, 0.3) is 5.76 Å². The zero-order chi connectivity index (χ0) is 25.4. The number of primary amides is 1. The van der Waals surface area contributed by atoms with Crippen LogP contribution in [0.4, 0.5) is 4.39 Å². The molecule has 1 saturated carbocycles. The number of fused-ring (bicyclic) bond motifs is 4. The Kier molecular flexibility index (Phi) is 5.30. The SMILES string of the molecule is CCCN1CCc2c(O)c3c(c(F)c2C1)C[C@H]1C[C@H]2CC(=O)C(C(N)=O)=C(O)[C@@]2(O)C(=O)C1=C3O. The van der Waals surface area contributed by atoms with Crippen LogP contribution in [0.1, 0.15) is 48.4 Å². The van der Waals surface area contributed by atoms with Crippen LogP contribution in [0.15, 0.2) is 16.9 Å². The number of rotatable bonds is 3. The van der Waals surface area contributed by atoms with Gasteiger partial charge in [0.25, 0.3) is 5.91 Å². The van der Waals surface area contributed by atoms with Crippen molar-refractivity contribution >= 4 is 23.2 Å². The predicted molar refractivity (Wildman–Crippen MR) is 121 cm³/mol. The minimum absolute atomic E-state index is 0.0256. The molecule has 1 amide bonds. The second-order valence-corrected chi connectivity index (χ2v) is 9.91. The molecular weight excluding hydrogens is 459 g/mol. The summed E-state index contributed by atoms with van der Waals surface area (Å²) in [5.41, 5.74) is 2.10. The number of nitrogens with zero attached hydrogens (tertiary/aromatic N) is 1. The summed E-state index contributed by atoms with van der Waals surface area (Å²) in [5.74, 6) is -7.60. The number of benzene rings is 1. The molecule has 35 heavy (non-hydrogen) atoms. The standard InChI is InChI=1S/C25H27FN2O7/c1-2-4-28-5-3-12-14(9-28)19(26)13-7-10-6-11-8-15(29)18(24(27)34)23(33)25(11,35)22(32)16(10)21(31)17(13)20(12)30/h10-11,30-31,33,35H,2-9H2,1H3,(H2,27,34)/t10-,11+,25+/m1/s1. The quantitative estimate of drug-likeness (QED) is 0.400. The summed E-state index contributed by atoms with van der Waals surface area (Å²) in [6.45, 7) is 3.73. The summed E-state index contributed by atoms with van der Waals surface area (Å²) < 4.78 is 15.8. The Morgan fingerprint density at radius 2 is 1.89 bits per heavy atom. The van der Waals surface area contributed by atoms with E-state index in [0.29, 0.717) is 30.6 Å². The number of amides is 1. The van der Waals surface area contributed by atoms with Crippen molar-refractivity contribution in [3.8, 4) is 5.75 Å². The van der Waals surface area contributed by atoms with E-state index in [0.717, 1.165) is 13.0 Å². The third kappa shape index (κ3) is 3.09. The number of carbonyl (C=O) groups excluding carboxylic acids is 3. The monoisotopic (exact) mass is 486 g/mol. The Hall–Kier alpha value is -3.24. The maximum atomic E-state index is 15.8. The lowest BCUT2D eigenvalue weighted by atomic mass is 9.59. The van der Waals surface area contributed by atoms with Crippen LogP contribution in [-0.4, -0.2) is 61.5 Å². The highest BCUT2D eigenvalue weighted by Gasteiger charge is 2.60. The van der Waals surface area contributed by atoms with E-state index in [1.54, 1.807) is 0 Å². The number of carbonyl (C=O) groups is 3. The molecule has 186 valence electrons. The van der Waals surface area contributed by atoms with Crippen molar-refractivity contribution in [2.45, 2.75) is 51.2 Å². The summed E-state index contributed by atoms with van der Waals surface area (Å²) in [5, 5.41) is 44.1. The van der Waals surface area contributed by atoms with Gasteiger partial charge in [0.1, 0.15) is 28.7 Å². The fourth-order valence-electron chi connectivity index (χ4n) is 6.33. The summed E-state index contributed by atoms with van der Waals surface area (Å²) >= 11 is 0. The number of halogens is 1. The molecule has 1 aromatic rings. The summed E-state index contributed by atoms with van der Waals surface area (Å²) in [6, 6.07) is 0. The van der Waals surface area contributed by atoms with Gasteiger partial charge >= 0.3 is 0 Å². The number of hydrogen-bond donors (Lipinski definition) is 5. The van der Waals surface area contributed by atoms with E-state index in [1.165, 1.54) is 0 Å². The molecule has 4 aliphatic rings. The lowest BCUT2D eigenvalue weighted by Gasteiger charge is -2.46. The molecule has 9 nitrogen and oxygen atoms in total. The van der Waals surface area contributed by atoms with Crippen LogP contribution in [0.5, 0.6) is 5.75 Å². The van der Waals surface area contributed by atoms with Gasteiger partial charge in [-0.1, -0.05) is 6.92 Å². The second-order valence-electron chi connectivity index (χ2n) is 9.91. The first-order valence-electron chi connectivity index (χ1n) is 11.8. The number of ketones is 2. The van der Waals surface area contributed by atoms with Crippen LogP contribution in [-0.2, 0) is 33.8 Å². The summed E-state index contributed by atoms with van der Waals surface area (Å²) in [7, 11) is 0. The first-order chi connectivity index (χ1) is 16.5. The van der Waals surface area contributed by atoms with Crippen molar-refractivity contribution in [2.75, 3.05) is 13.1 Å². The molecule has 0 bridgehead atoms. The Morgan fingerprint density at radius 1 is 1.17 bits per heavy atom. The highest BCUT2D eigenvalue weighted by molar-refractivity contribution is 6.22. The molecule has 3 atom stereocenters. The molecule has 1 aliphatic heterocycles. The van der Waals surface area contributed by atoms with Gasteiger partial charge in [0.2, 0.25) is 5.78 Å². The van der Waals surface area contributed by atoms with E-state index < -0.39 is 64.2 Å². The second kappa shape index (κ2) is 7.89. The zero-order valence-electron chi connectivity index (χ0n) is 19.2. The number of phenols is 1. The molecule has 6 N–H and O–H groups in total. The minimum Gasteiger partial charge on any atom is -0.508 e. The van der Waals surface area contributed by atoms with Gasteiger partial charge in [-0.3, -0.25) is 19.3 Å². The van der Waals surface area contributed by atoms with Crippen molar-refractivity contribution in [1.29, 1.82) is 0 Å². The lowest BCUT2D eigenvalue weighted by molar-refractivity contribution is -0.147. The fraction of sp³-hybridized carbons (Fsp3) is 0.480. The van der Waals surface area contributed by atoms with Crippen LogP contribution in [0.3, 0.4) is 0 Å². The highest BCUT2D eigenvalue weighted by atomic mass is 19.1. The van der Waals surface area contributed by atoms with E-state index >= 15 is 4.39 Å². The van der Waals surface area contributed by atoms with E-state index in [-0.39, 0.29) is 35.3 Å². The van der Waals surface area contributed by atoms with Gasteiger partial charge in [-0.05, 0) is 38.1 Å². The summed E-state index contributed by atoms with van der Waals surface area (Å²) in [4.78, 5) is 39.7. The molecule has 10 heteroatoms. The van der Waals surface area contributed by atoms with E-state index in [9.17, 15) is 34.8 Å². The number of aliphatic hydroxyl groups is 3. The average molecular weight is 486 g/mol. The number of Topliss-reactive ketones (excluding diaryl/α,β-unsaturated/α-hetero) is 2. The van der Waals surface area contributed by atoms with Gasteiger partial charge in [0, 0.05) is 47.7 Å². The smallest absolute Gasteiger partial charge is 0.255 e. The molecule has 0 spiro atoms. The Labute approximate surface area is 200 Å². The third-order valence-electron chi connectivity index (χ3n) is 7.97. The molecule has 0 unspecified atom stereocenters. The molecule has 1 heterocycles. The van der Waals surface area contributed by atoms with Crippen LogP contribution >= 0.6 is 0 Å². The molecule has 1 fully saturated rings. The Morgan fingerprint density at radius 3 is 2.54 bits per heavy atom. The maximum Gasteiger partial charge on any atom is 0.255 e. The zero-order valence-corrected chi connectivity index (χ0v) is 19.2. The van der Waals surface area contributed by atoms with Crippen molar-refractivity contribution in [3.63, 3.8) is 0 Å². The van der Waals surface area contributed by atoms with Gasteiger partial charge in [-0.15, -0.1) is 0 Å². The molecule has 0 saturated heterocycles. The molecular formula is C25H27FN2O7. The number of aromatic hydroxyl groups is 1. The largest absolute Gasteiger partial charge is 0.508 e. The van der Waals surface area contributed by atoms with Crippen molar-refractivity contribution < 1.29 is 39.2 Å². The first kappa shape index (κ1) is 23.5. The predicted octanol–water partition coefficient (Wildman–Crippen LogP) is 1.33. The normalized spacial score (nSPS) is 28.4. The van der Waals surface area contributed by atoms with Crippen LogP contribution < -0.4 is 5.73 Å². The van der Waals surface area contributed by atoms with Gasteiger partial charge in [-0.2, -0.15) is 0 Å². The third-order valence-corrected chi connectivity index (χ3v) is 7.97. The molecule has 5 rings (SSSR count). The van der Waals surface area contributed by atoms with Gasteiger partial charge in [-0.25, -0.2) is 4.39 Å². The minimum atomic E-state index is -2.63. The number of aliphatic hydroxyl groups excluding tert-OH is 2. The topological polar surface area (TPSA) is 161 Å². The fourth-order valence-corrected chi connectivity index (χ4v) is 6.33. The Bertz CT molecular complexity index is 1270. The number of nitrogens with two attached hydrogens (primary N) is 1. The molecule has 3 aliphatic carbocycles. The molecule has 0 aromatic heterocycles. The van der Waals surface area contributed by atoms with Crippen molar-refractivity contribution in [2.24, 2.45) is 17.6 Å². The van der Waals surface area contributed by atoms with Gasteiger partial charge in [0.15, 0.2) is 11.4 Å². The molecule has 1 aromatic carbocycles. The van der Waals surface area contributed by atoms with Gasteiger partial charge < -0.3 is 26.2 Å². The average Bonchev–Trinajstić information content (AvgIpc) is 2.79. The number of hydrogen-bond acceptors (Lipinski definition) is 8.